The maximum absolute atomic E-state index is 13.8. The molecule has 4 atom stereocenters. The molecule has 240 valence electrons. The van der Waals surface area contributed by atoms with E-state index in [1.807, 2.05) is 24.1 Å². The average Bonchev–Trinajstić information content (AvgIpc) is 3.34. The highest BCUT2D eigenvalue weighted by molar-refractivity contribution is 6.00. The Morgan fingerprint density at radius 1 is 1.04 bits per heavy atom. The van der Waals surface area contributed by atoms with Crippen molar-refractivity contribution in [1.29, 1.82) is 0 Å². The second-order valence-electron chi connectivity index (χ2n) is 13.7. The van der Waals surface area contributed by atoms with Gasteiger partial charge in [0.15, 0.2) is 5.82 Å². The minimum absolute atomic E-state index is 0.00248. The summed E-state index contributed by atoms with van der Waals surface area (Å²) in [7, 11) is 3.65. The second-order valence-corrected chi connectivity index (χ2v) is 13.7. The van der Waals surface area contributed by atoms with Crippen molar-refractivity contribution < 1.29 is 14.3 Å². The molecule has 2 aromatic carbocycles. The number of amides is 3. The molecule has 2 aliphatic heterocycles. The van der Waals surface area contributed by atoms with Gasteiger partial charge in [0.25, 0.3) is 5.91 Å². The van der Waals surface area contributed by atoms with Gasteiger partial charge in [0.2, 0.25) is 0 Å². The number of fused-ring (bicyclic) bond motifs is 4. The minimum atomic E-state index is -0.134. The second kappa shape index (κ2) is 10.6. The molecule has 9 rings (SSSR count). The number of hydrogen-bond acceptors (Lipinski definition) is 6. The van der Waals surface area contributed by atoms with Crippen LogP contribution in [0.25, 0.3) is 44.8 Å². The first-order valence-electron chi connectivity index (χ1n) is 16.6. The third-order valence-corrected chi connectivity index (χ3v) is 10.8. The number of pyridine rings is 1. The quantitative estimate of drug-likeness (QED) is 0.241. The van der Waals surface area contributed by atoms with Crippen molar-refractivity contribution in [1.82, 2.24) is 34.6 Å². The zero-order valence-electron chi connectivity index (χ0n) is 26.6. The average molecular weight is 631 g/mol. The first-order chi connectivity index (χ1) is 22.9. The lowest BCUT2D eigenvalue weighted by Gasteiger charge is -2.27. The molecule has 5 heterocycles. The van der Waals surface area contributed by atoms with E-state index in [1.54, 1.807) is 7.11 Å². The number of aryl methyl sites for hydroxylation is 1. The van der Waals surface area contributed by atoms with Crippen LogP contribution in [0.3, 0.4) is 0 Å². The predicted octanol–water partition coefficient (Wildman–Crippen LogP) is 4.59. The number of nitrogens with one attached hydrogen (secondary N) is 2. The van der Waals surface area contributed by atoms with Gasteiger partial charge < -0.3 is 35.1 Å². The molecular weight excluding hydrogens is 592 g/mol. The molecule has 2 saturated carbocycles. The molecule has 2 aliphatic carbocycles. The van der Waals surface area contributed by atoms with Crippen molar-refractivity contribution in [3.05, 3.63) is 65.7 Å². The Morgan fingerprint density at radius 2 is 1.87 bits per heavy atom. The number of imidazole rings is 1. The van der Waals surface area contributed by atoms with Crippen molar-refractivity contribution >= 4 is 34.0 Å². The maximum atomic E-state index is 13.8. The van der Waals surface area contributed by atoms with Crippen LogP contribution in [0.5, 0.6) is 5.75 Å². The molecule has 11 nitrogen and oxygen atoms in total. The summed E-state index contributed by atoms with van der Waals surface area (Å²) in [6.07, 6.45) is 4.47. The summed E-state index contributed by atoms with van der Waals surface area (Å²) < 4.78 is 10.3. The van der Waals surface area contributed by atoms with Crippen molar-refractivity contribution in [3.8, 4) is 28.5 Å². The van der Waals surface area contributed by atoms with E-state index in [2.05, 4.69) is 62.2 Å². The Hall–Kier alpha value is -4.90. The molecule has 0 spiro atoms. The summed E-state index contributed by atoms with van der Waals surface area (Å²) in [5.41, 5.74) is 13.5. The molecule has 47 heavy (non-hydrogen) atoms. The molecule has 4 fully saturated rings. The fourth-order valence-corrected chi connectivity index (χ4v) is 8.03. The Balaban J connectivity index is 1.10. The van der Waals surface area contributed by atoms with E-state index < -0.39 is 0 Å². The molecule has 2 saturated heterocycles. The molecule has 4 N–H and O–H groups in total. The lowest BCUT2D eigenvalue weighted by Crippen LogP contribution is -2.41. The molecule has 2 bridgehead atoms. The van der Waals surface area contributed by atoms with Crippen molar-refractivity contribution in [2.45, 2.75) is 50.4 Å². The van der Waals surface area contributed by atoms with E-state index in [-0.39, 0.29) is 30.1 Å². The van der Waals surface area contributed by atoms with Crippen molar-refractivity contribution in [2.24, 2.45) is 24.6 Å². The molecule has 0 radical (unpaired) electrons. The summed E-state index contributed by atoms with van der Waals surface area (Å²) in [6, 6.07) is 18.4. The Bertz CT molecular complexity index is 2080. The predicted molar refractivity (Wildman–Crippen MR) is 179 cm³/mol. The van der Waals surface area contributed by atoms with Crippen LogP contribution in [0.1, 0.15) is 47.6 Å². The number of benzene rings is 2. The van der Waals surface area contributed by atoms with Gasteiger partial charge in [-0.15, -0.1) is 0 Å². The smallest absolute Gasteiger partial charge is 0.315 e. The number of carbonyl (C=O) groups is 2. The van der Waals surface area contributed by atoms with Gasteiger partial charge in [-0.05, 0) is 73.4 Å². The molecule has 11 heteroatoms. The van der Waals surface area contributed by atoms with Gasteiger partial charge in [0.1, 0.15) is 16.9 Å². The molecule has 3 unspecified atom stereocenters. The first kappa shape index (κ1) is 28.3. The summed E-state index contributed by atoms with van der Waals surface area (Å²) >= 11 is 0. The standard InChI is InChI=1S/C36H38N8O3/c1-42-32-26(13-24(15-30(32)47-2)35(45)44-18-23-10-12-28(44)31(23)37)40-34(42)29-14-22-9-11-25(39-33(22)43(29)17-19-3-4-19)20-5-7-21(8-6-20)27-16-38-36(46)41-27/h5-9,11,13-15,19,23,27-28,31H,3-4,10,12,16-18,37H2,1-2H3,(H2,38,41,46)/t23?,27?,28?,31-/m1/s1. The van der Waals surface area contributed by atoms with Gasteiger partial charge >= 0.3 is 6.03 Å². The number of ether oxygens (including phenoxy) is 1. The van der Waals surface area contributed by atoms with Gasteiger partial charge in [-0.3, -0.25) is 4.79 Å². The number of nitrogens with two attached hydrogens (primary N) is 1. The van der Waals surface area contributed by atoms with Crippen molar-refractivity contribution in [2.75, 3.05) is 20.2 Å². The first-order valence-corrected chi connectivity index (χ1v) is 16.6. The lowest BCUT2D eigenvalue weighted by atomic mass is 10.0. The minimum Gasteiger partial charge on any atom is -0.494 e. The van der Waals surface area contributed by atoms with Gasteiger partial charge in [0.05, 0.1) is 30.1 Å². The highest BCUT2D eigenvalue weighted by Crippen LogP contribution is 2.40. The normalized spacial score (nSPS) is 23.6. The number of carbonyl (C=O) groups excluding carboxylic acids is 2. The number of urea groups is 1. The van der Waals surface area contributed by atoms with E-state index in [9.17, 15) is 9.59 Å². The van der Waals surface area contributed by atoms with E-state index >= 15 is 0 Å². The van der Waals surface area contributed by atoms with Crippen LogP contribution in [0.15, 0.2) is 54.6 Å². The highest BCUT2D eigenvalue weighted by atomic mass is 16.5. The van der Waals surface area contributed by atoms with Gasteiger partial charge in [-0.2, -0.15) is 0 Å². The van der Waals surface area contributed by atoms with Crippen molar-refractivity contribution in [3.63, 3.8) is 0 Å². The van der Waals surface area contributed by atoms with Crippen LogP contribution in [-0.4, -0.2) is 68.2 Å². The molecule has 3 aromatic heterocycles. The number of piperidine rings is 1. The zero-order chi connectivity index (χ0) is 32.0. The lowest BCUT2D eigenvalue weighted by molar-refractivity contribution is 0.0700. The monoisotopic (exact) mass is 630 g/mol. The van der Waals surface area contributed by atoms with Crippen LogP contribution < -0.4 is 21.1 Å². The molecular formula is C36H38N8O3. The third-order valence-electron chi connectivity index (χ3n) is 10.8. The van der Waals surface area contributed by atoms with E-state index in [1.165, 1.54) is 12.8 Å². The fraction of sp³-hybridized carbons (Fsp3) is 0.389. The maximum Gasteiger partial charge on any atom is 0.315 e. The van der Waals surface area contributed by atoms with Crippen LogP contribution in [0.2, 0.25) is 0 Å². The summed E-state index contributed by atoms with van der Waals surface area (Å²) in [4.78, 5) is 37.7. The van der Waals surface area contributed by atoms with E-state index in [4.69, 9.17) is 20.4 Å². The Labute approximate surface area is 272 Å². The largest absolute Gasteiger partial charge is 0.494 e. The van der Waals surface area contributed by atoms with Gasteiger partial charge in [0, 0.05) is 55.3 Å². The molecule has 3 amide bonds. The summed E-state index contributed by atoms with van der Waals surface area (Å²) in [6.45, 7) is 2.17. The highest BCUT2D eigenvalue weighted by Gasteiger charge is 2.47. The Kier molecular flexibility index (Phi) is 6.37. The number of likely N-dealkylation sites (tertiary alicyclic amines) is 1. The summed E-state index contributed by atoms with van der Waals surface area (Å²) in [5, 5.41) is 6.82. The number of nitrogens with zero attached hydrogens (tertiary/aromatic N) is 5. The number of methoxy groups -OCH3 is 1. The Morgan fingerprint density at radius 3 is 2.55 bits per heavy atom. The van der Waals surface area contributed by atoms with Crippen LogP contribution in [0, 0.1) is 11.8 Å². The number of rotatable bonds is 7. The van der Waals surface area contributed by atoms with Crippen LogP contribution in [0.4, 0.5) is 4.79 Å². The number of aromatic nitrogens is 4. The fourth-order valence-electron chi connectivity index (χ4n) is 8.03. The van der Waals surface area contributed by atoms with Crippen LogP contribution >= 0.6 is 0 Å². The topological polar surface area (TPSA) is 132 Å². The molecule has 4 aliphatic rings. The zero-order valence-corrected chi connectivity index (χ0v) is 26.6. The SMILES string of the molecule is COc1cc(C(=O)N2CC3CCC2[C@@H]3N)cc2nc(-c3cc4ccc(-c5ccc(C6CNC(=O)N6)cc5)nc4n3CC3CC3)n(C)c12. The van der Waals surface area contributed by atoms with Crippen LogP contribution in [-0.2, 0) is 13.6 Å². The van der Waals surface area contributed by atoms with Gasteiger partial charge in [-0.1, -0.05) is 24.3 Å². The number of hydrogen-bond donors (Lipinski definition) is 3. The summed E-state index contributed by atoms with van der Waals surface area (Å²) in [5.74, 6) is 2.43. The third kappa shape index (κ3) is 4.58. The van der Waals surface area contributed by atoms with Gasteiger partial charge in [-0.25, -0.2) is 14.8 Å². The van der Waals surface area contributed by atoms with E-state index in [0.717, 1.165) is 76.3 Å². The van der Waals surface area contributed by atoms with E-state index in [0.29, 0.717) is 29.7 Å². The molecule has 5 aromatic rings.